The first-order valence-corrected chi connectivity index (χ1v) is 11.2. The second-order valence-electron chi connectivity index (χ2n) is 8.54. The maximum atomic E-state index is 6.18. The minimum absolute atomic E-state index is 0.725. The van der Waals surface area contributed by atoms with E-state index in [0.717, 1.165) is 78.8 Å². The Labute approximate surface area is 182 Å². The van der Waals surface area contributed by atoms with E-state index >= 15 is 0 Å². The van der Waals surface area contributed by atoms with E-state index in [1.165, 1.54) is 18.4 Å². The Kier molecular flexibility index (Phi) is 5.48. The van der Waals surface area contributed by atoms with Crippen LogP contribution < -0.4 is 4.90 Å². The number of furan rings is 1. The number of nitrogens with zero attached hydrogens (tertiary/aromatic N) is 4. The average molecular weight is 423 g/mol. The normalized spacial score (nSPS) is 17.9. The largest absolute Gasteiger partial charge is 0.444 e. The second-order valence-corrected chi connectivity index (χ2v) is 8.98. The van der Waals surface area contributed by atoms with Crippen LogP contribution in [0.1, 0.15) is 36.8 Å². The number of piperidine rings is 1. The summed E-state index contributed by atoms with van der Waals surface area (Å²) in [6, 6.07) is 12.0. The number of anilines is 1. The van der Waals surface area contributed by atoms with Gasteiger partial charge in [-0.3, -0.25) is 4.90 Å². The van der Waals surface area contributed by atoms with Crippen molar-refractivity contribution in [2.45, 2.75) is 39.3 Å². The smallest absolute Gasteiger partial charge is 0.195 e. The van der Waals surface area contributed by atoms with Gasteiger partial charge in [0.1, 0.15) is 5.76 Å². The van der Waals surface area contributed by atoms with Gasteiger partial charge in [-0.05, 0) is 49.1 Å². The minimum atomic E-state index is 0.725. The summed E-state index contributed by atoms with van der Waals surface area (Å²) in [6.45, 7) is 7.18. The van der Waals surface area contributed by atoms with Crippen molar-refractivity contribution in [1.29, 1.82) is 0 Å². The standard InChI is InChI=1S/C24H27ClN4O/c1-17-8-12-29(13-9-17)23-7-6-21(30-23)16-28-11-10-22-19(15-28)14-26-24(27-22)18-2-4-20(25)5-3-18/h2-7,14,17H,8-13,15-16H2,1H3. The lowest BCUT2D eigenvalue weighted by Gasteiger charge is -2.30. The van der Waals surface area contributed by atoms with Gasteiger partial charge in [-0.1, -0.05) is 18.5 Å². The average Bonchev–Trinajstić information content (AvgIpc) is 3.23. The first-order valence-electron chi connectivity index (χ1n) is 10.8. The molecule has 0 aliphatic carbocycles. The molecule has 156 valence electrons. The zero-order valence-corrected chi connectivity index (χ0v) is 18.1. The highest BCUT2D eigenvalue weighted by molar-refractivity contribution is 6.30. The summed E-state index contributed by atoms with van der Waals surface area (Å²) in [7, 11) is 0. The second kappa shape index (κ2) is 8.40. The number of hydrogen-bond acceptors (Lipinski definition) is 5. The number of fused-ring (bicyclic) bond motifs is 1. The van der Waals surface area contributed by atoms with Crippen LogP contribution in [0.15, 0.2) is 47.0 Å². The number of aromatic nitrogens is 2. The topological polar surface area (TPSA) is 45.4 Å². The van der Waals surface area contributed by atoms with Gasteiger partial charge >= 0.3 is 0 Å². The summed E-state index contributed by atoms with van der Waals surface area (Å²) in [5.41, 5.74) is 3.35. The van der Waals surface area contributed by atoms with Crippen molar-refractivity contribution in [2.75, 3.05) is 24.5 Å². The molecule has 5 rings (SSSR count). The molecule has 6 heteroatoms. The lowest BCUT2D eigenvalue weighted by atomic mass is 9.99. The Morgan fingerprint density at radius 1 is 1.07 bits per heavy atom. The van der Waals surface area contributed by atoms with Gasteiger partial charge in [0, 0.05) is 61.0 Å². The molecule has 4 heterocycles. The zero-order chi connectivity index (χ0) is 20.5. The van der Waals surface area contributed by atoms with Crippen LogP contribution in [0, 0.1) is 5.92 Å². The van der Waals surface area contributed by atoms with E-state index in [1.54, 1.807) is 0 Å². The Hall–Kier alpha value is -2.37. The summed E-state index contributed by atoms with van der Waals surface area (Å²) in [5.74, 6) is 3.65. The fraction of sp³-hybridized carbons (Fsp3) is 0.417. The Bertz CT molecular complexity index is 1010. The minimum Gasteiger partial charge on any atom is -0.444 e. The van der Waals surface area contributed by atoms with E-state index in [9.17, 15) is 0 Å². The van der Waals surface area contributed by atoms with Crippen LogP contribution in [0.4, 0.5) is 5.88 Å². The summed E-state index contributed by atoms with van der Waals surface area (Å²) in [6.07, 6.45) is 5.39. The molecule has 0 unspecified atom stereocenters. The maximum absolute atomic E-state index is 6.18. The molecule has 2 aliphatic rings. The summed E-state index contributed by atoms with van der Waals surface area (Å²) in [5, 5.41) is 0.725. The van der Waals surface area contributed by atoms with Gasteiger partial charge in [0.15, 0.2) is 11.7 Å². The molecule has 0 bridgehead atoms. The predicted molar refractivity (Wildman–Crippen MR) is 120 cm³/mol. The molecule has 0 atom stereocenters. The molecule has 0 amide bonds. The van der Waals surface area contributed by atoms with Crippen molar-refractivity contribution < 1.29 is 4.42 Å². The van der Waals surface area contributed by atoms with E-state index in [2.05, 4.69) is 33.8 Å². The fourth-order valence-corrected chi connectivity index (χ4v) is 4.44. The molecule has 0 spiro atoms. The monoisotopic (exact) mass is 422 g/mol. The van der Waals surface area contributed by atoms with Gasteiger partial charge in [-0.25, -0.2) is 9.97 Å². The van der Waals surface area contributed by atoms with Gasteiger partial charge in [-0.15, -0.1) is 0 Å². The van der Waals surface area contributed by atoms with E-state index in [0.29, 0.717) is 0 Å². The van der Waals surface area contributed by atoms with Crippen molar-refractivity contribution in [3.8, 4) is 11.4 Å². The van der Waals surface area contributed by atoms with Gasteiger partial charge in [0.05, 0.1) is 12.2 Å². The van der Waals surface area contributed by atoms with Crippen LogP contribution in [0.5, 0.6) is 0 Å². The van der Waals surface area contributed by atoms with Crippen LogP contribution in [-0.2, 0) is 19.5 Å². The fourth-order valence-electron chi connectivity index (χ4n) is 4.32. The van der Waals surface area contributed by atoms with Crippen LogP contribution in [-0.4, -0.2) is 34.5 Å². The highest BCUT2D eigenvalue weighted by Crippen LogP contribution is 2.27. The predicted octanol–water partition coefficient (Wildman–Crippen LogP) is 5.18. The summed E-state index contributed by atoms with van der Waals surface area (Å²) < 4.78 is 6.18. The molecule has 2 aromatic heterocycles. The molecule has 5 nitrogen and oxygen atoms in total. The SMILES string of the molecule is CC1CCN(c2ccc(CN3CCc4nc(-c5ccc(Cl)cc5)ncc4C3)o2)CC1. The molecule has 0 N–H and O–H groups in total. The van der Waals surface area contributed by atoms with Crippen LogP contribution in [0.3, 0.4) is 0 Å². The van der Waals surface area contributed by atoms with Crippen LogP contribution in [0.2, 0.25) is 5.02 Å². The molecule has 1 saturated heterocycles. The highest BCUT2D eigenvalue weighted by Gasteiger charge is 2.22. The molecule has 3 aromatic rings. The van der Waals surface area contributed by atoms with Gasteiger partial charge in [0.25, 0.3) is 0 Å². The van der Waals surface area contributed by atoms with E-state index in [4.69, 9.17) is 21.0 Å². The Morgan fingerprint density at radius 3 is 2.67 bits per heavy atom. The maximum Gasteiger partial charge on any atom is 0.195 e. The van der Waals surface area contributed by atoms with Crippen molar-refractivity contribution in [3.05, 3.63) is 64.6 Å². The number of halogens is 1. The number of benzene rings is 1. The molecule has 30 heavy (non-hydrogen) atoms. The third-order valence-electron chi connectivity index (χ3n) is 6.24. The van der Waals surface area contributed by atoms with Crippen molar-refractivity contribution in [1.82, 2.24) is 14.9 Å². The van der Waals surface area contributed by atoms with Crippen LogP contribution >= 0.6 is 11.6 Å². The number of hydrogen-bond donors (Lipinski definition) is 0. The highest BCUT2D eigenvalue weighted by atomic mass is 35.5. The van der Waals surface area contributed by atoms with E-state index < -0.39 is 0 Å². The van der Waals surface area contributed by atoms with Gasteiger partial charge in [0.2, 0.25) is 0 Å². The zero-order valence-electron chi connectivity index (χ0n) is 17.4. The molecule has 0 radical (unpaired) electrons. The third-order valence-corrected chi connectivity index (χ3v) is 6.49. The van der Waals surface area contributed by atoms with E-state index in [1.807, 2.05) is 30.5 Å². The lowest BCUT2D eigenvalue weighted by Crippen LogP contribution is -2.32. The Morgan fingerprint density at radius 2 is 1.87 bits per heavy atom. The van der Waals surface area contributed by atoms with Crippen molar-refractivity contribution in [3.63, 3.8) is 0 Å². The summed E-state index contributed by atoms with van der Waals surface area (Å²) >= 11 is 5.99. The first-order chi connectivity index (χ1) is 14.6. The van der Waals surface area contributed by atoms with Crippen LogP contribution in [0.25, 0.3) is 11.4 Å². The first kappa shape index (κ1) is 19.6. The van der Waals surface area contributed by atoms with Crippen molar-refractivity contribution in [2.24, 2.45) is 5.92 Å². The van der Waals surface area contributed by atoms with Crippen molar-refractivity contribution >= 4 is 17.5 Å². The quantitative estimate of drug-likeness (QED) is 0.579. The molecular weight excluding hydrogens is 396 g/mol. The van der Waals surface area contributed by atoms with E-state index in [-0.39, 0.29) is 0 Å². The molecular formula is C24H27ClN4O. The molecule has 2 aliphatic heterocycles. The number of rotatable bonds is 4. The summed E-state index contributed by atoms with van der Waals surface area (Å²) in [4.78, 5) is 14.2. The lowest BCUT2D eigenvalue weighted by molar-refractivity contribution is 0.223. The Balaban J connectivity index is 1.24. The molecule has 1 fully saturated rings. The third kappa shape index (κ3) is 4.23. The molecule has 1 aromatic carbocycles. The molecule has 0 saturated carbocycles. The van der Waals surface area contributed by atoms with Gasteiger partial charge in [-0.2, -0.15) is 0 Å². The van der Waals surface area contributed by atoms with Gasteiger partial charge < -0.3 is 9.32 Å².